The Morgan fingerprint density at radius 3 is 2.93 bits per heavy atom. The standard InChI is InChI=1S/C11H13BrO2S/c1-14-11(13)10(12)7-8-4-3-5-9(6-8)15-2/h3-6,10H,7H2,1-2H3. The van der Waals surface area contributed by atoms with Crippen molar-refractivity contribution in [1.82, 2.24) is 0 Å². The van der Waals surface area contributed by atoms with E-state index in [2.05, 4.69) is 32.8 Å². The molecule has 0 bridgehead atoms. The zero-order valence-electron chi connectivity index (χ0n) is 8.70. The maximum absolute atomic E-state index is 11.2. The molecule has 0 amide bonds. The Bertz CT molecular complexity index is 341. The van der Waals surface area contributed by atoms with Crippen molar-refractivity contribution >= 4 is 33.7 Å². The first-order chi connectivity index (χ1) is 7.17. The number of carbonyl (C=O) groups is 1. The van der Waals surface area contributed by atoms with E-state index in [9.17, 15) is 4.79 Å². The first-order valence-corrected chi connectivity index (χ1v) is 6.66. The molecule has 0 N–H and O–H groups in total. The van der Waals surface area contributed by atoms with E-state index in [1.807, 2.05) is 18.4 Å². The van der Waals surface area contributed by atoms with Crippen molar-refractivity contribution in [2.24, 2.45) is 0 Å². The topological polar surface area (TPSA) is 26.3 Å². The third-order valence-corrected chi connectivity index (χ3v) is 3.43. The van der Waals surface area contributed by atoms with Gasteiger partial charge in [0.2, 0.25) is 0 Å². The summed E-state index contributed by atoms with van der Waals surface area (Å²) >= 11 is 5.00. The van der Waals surface area contributed by atoms with Crippen molar-refractivity contribution in [3.8, 4) is 0 Å². The van der Waals surface area contributed by atoms with Crippen LogP contribution in [-0.2, 0) is 16.0 Å². The number of ether oxygens (including phenoxy) is 1. The van der Waals surface area contributed by atoms with Gasteiger partial charge >= 0.3 is 5.97 Å². The van der Waals surface area contributed by atoms with Gasteiger partial charge in [-0.3, -0.25) is 4.79 Å². The highest BCUT2D eigenvalue weighted by Gasteiger charge is 2.15. The van der Waals surface area contributed by atoms with Gasteiger partial charge in [-0.1, -0.05) is 28.1 Å². The van der Waals surface area contributed by atoms with Crippen LogP contribution in [-0.4, -0.2) is 24.2 Å². The van der Waals surface area contributed by atoms with Gasteiger partial charge in [0, 0.05) is 4.90 Å². The van der Waals surface area contributed by atoms with E-state index in [4.69, 9.17) is 0 Å². The number of benzene rings is 1. The van der Waals surface area contributed by atoms with Crippen LogP contribution in [0.15, 0.2) is 29.2 Å². The molecule has 4 heteroatoms. The molecule has 2 nitrogen and oxygen atoms in total. The van der Waals surface area contributed by atoms with Gasteiger partial charge in [0.15, 0.2) is 0 Å². The molecule has 0 radical (unpaired) electrons. The van der Waals surface area contributed by atoms with E-state index in [1.165, 1.54) is 12.0 Å². The molecule has 1 unspecified atom stereocenters. The Hall–Kier alpha value is -0.480. The minimum Gasteiger partial charge on any atom is -0.468 e. The van der Waals surface area contributed by atoms with Crippen LogP contribution in [0, 0.1) is 0 Å². The lowest BCUT2D eigenvalue weighted by molar-refractivity contribution is -0.139. The summed E-state index contributed by atoms with van der Waals surface area (Å²) in [7, 11) is 1.40. The Kier molecular flexibility index (Phi) is 5.19. The Morgan fingerprint density at radius 2 is 2.33 bits per heavy atom. The third-order valence-electron chi connectivity index (χ3n) is 2.01. The zero-order chi connectivity index (χ0) is 11.3. The van der Waals surface area contributed by atoms with Crippen LogP contribution in [0.3, 0.4) is 0 Å². The number of hydrogen-bond donors (Lipinski definition) is 0. The highest BCUT2D eigenvalue weighted by Crippen LogP contribution is 2.18. The highest BCUT2D eigenvalue weighted by atomic mass is 79.9. The Labute approximate surface area is 103 Å². The smallest absolute Gasteiger partial charge is 0.319 e. The fourth-order valence-electron chi connectivity index (χ4n) is 1.22. The SMILES string of the molecule is COC(=O)C(Br)Cc1cccc(SC)c1. The molecule has 1 rings (SSSR count). The van der Waals surface area contributed by atoms with E-state index in [0.717, 1.165) is 5.56 Å². The zero-order valence-corrected chi connectivity index (χ0v) is 11.1. The van der Waals surface area contributed by atoms with Crippen molar-refractivity contribution in [3.63, 3.8) is 0 Å². The molecular formula is C11H13BrO2S. The Morgan fingerprint density at radius 1 is 1.60 bits per heavy atom. The number of alkyl halides is 1. The van der Waals surface area contributed by atoms with Crippen molar-refractivity contribution in [2.75, 3.05) is 13.4 Å². The summed E-state index contributed by atoms with van der Waals surface area (Å²) in [5.41, 5.74) is 1.13. The van der Waals surface area contributed by atoms with E-state index < -0.39 is 0 Å². The second-order valence-corrected chi connectivity index (χ2v) is 5.03. The number of hydrogen-bond acceptors (Lipinski definition) is 3. The van der Waals surface area contributed by atoms with E-state index >= 15 is 0 Å². The highest BCUT2D eigenvalue weighted by molar-refractivity contribution is 9.10. The normalized spacial score (nSPS) is 12.2. The molecule has 1 aromatic carbocycles. The monoisotopic (exact) mass is 288 g/mol. The van der Waals surface area contributed by atoms with E-state index in [-0.39, 0.29) is 10.8 Å². The van der Waals surface area contributed by atoms with E-state index in [1.54, 1.807) is 11.8 Å². The van der Waals surface area contributed by atoms with Crippen molar-refractivity contribution < 1.29 is 9.53 Å². The van der Waals surface area contributed by atoms with Gasteiger partial charge in [0.25, 0.3) is 0 Å². The molecule has 0 aliphatic heterocycles. The van der Waals surface area contributed by atoms with Crippen molar-refractivity contribution in [2.45, 2.75) is 16.1 Å². The largest absolute Gasteiger partial charge is 0.468 e. The molecule has 0 heterocycles. The lowest BCUT2D eigenvalue weighted by atomic mass is 10.1. The summed E-state index contributed by atoms with van der Waals surface area (Å²) in [6.45, 7) is 0. The maximum atomic E-state index is 11.2. The number of carbonyl (C=O) groups excluding carboxylic acids is 1. The lowest BCUT2D eigenvalue weighted by Crippen LogP contribution is -2.17. The molecule has 0 spiro atoms. The third kappa shape index (κ3) is 3.87. The Balaban J connectivity index is 2.67. The predicted octanol–water partition coefficient (Wildman–Crippen LogP) is 2.89. The molecular weight excluding hydrogens is 276 g/mol. The van der Waals surface area contributed by atoms with Gasteiger partial charge < -0.3 is 4.74 Å². The minimum absolute atomic E-state index is 0.232. The fraction of sp³-hybridized carbons (Fsp3) is 0.364. The van der Waals surface area contributed by atoms with Gasteiger partial charge in [-0.25, -0.2) is 0 Å². The summed E-state index contributed by atoms with van der Waals surface area (Å²) in [5, 5.41) is 0. The molecule has 0 saturated heterocycles. The molecule has 0 aliphatic carbocycles. The van der Waals surface area contributed by atoms with Gasteiger partial charge in [-0.2, -0.15) is 0 Å². The molecule has 1 atom stereocenters. The number of rotatable bonds is 4. The summed E-state index contributed by atoms with van der Waals surface area (Å²) in [6, 6.07) is 8.15. The first-order valence-electron chi connectivity index (χ1n) is 4.52. The van der Waals surface area contributed by atoms with Crippen LogP contribution < -0.4 is 0 Å². The van der Waals surface area contributed by atoms with Gasteiger partial charge in [0.1, 0.15) is 4.83 Å². The number of esters is 1. The average Bonchev–Trinajstić information content (AvgIpc) is 2.28. The summed E-state index contributed by atoms with van der Waals surface area (Å²) < 4.78 is 4.65. The van der Waals surface area contributed by atoms with Crippen molar-refractivity contribution in [3.05, 3.63) is 29.8 Å². The molecule has 15 heavy (non-hydrogen) atoms. The average molecular weight is 289 g/mol. The molecule has 0 fully saturated rings. The number of thioether (sulfide) groups is 1. The maximum Gasteiger partial charge on any atom is 0.319 e. The van der Waals surface area contributed by atoms with Crippen LogP contribution in [0.2, 0.25) is 0 Å². The van der Waals surface area contributed by atoms with Gasteiger partial charge in [-0.05, 0) is 30.4 Å². The quantitative estimate of drug-likeness (QED) is 0.484. The summed E-state index contributed by atoms with van der Waals surface area (Å²) in [5.74, 6) is -0.232. The second-order valence-electron chi connectivity index (χ2n) is 3.05. The summed E-state index contributed by atoms with van der Waals surface area (Å²) in [4.78, 5) is 12.1. The van der Waals surface area contributed by atoms with Crippen LogP contribution in [0.1, 0.15) is 5.56 Å². The minimum atomic E-state index is -0.264. The molecule has 82 valence electrons. The van der Waals surface area contributed by atoms with E-state index in [0.29, 0.717) is 6.42 Å². The van der Waals surface area contributed by atoms with Gasteiger partial charge in [-0.15, -0.1) is 11.8 Å². The van der Waals surface area contributed by atoms with Crippen LogP contribution in [0.5, 0.6) is 0 Å². The van der Waals surface area contributed by atoms with Crippen LogP contribution >= 0.6 is 27.7 Å². The van der Waals surface area contributed by atoms with Crippen LogP contribution in [0.25, 0.3) is 0 Å². The molecule has 0 saturated carbocycles. The van der Waals surface area contributed by atoms with Crippen molar-refractivity contribution in [1.29, 1.82) is 0 Å². The molecule has 0 aliphatic rings. The van der Waals surface area contributed by atoms with Gasteiger partial charge in [0.05, 0.1) is 7.11 Å². The molecule has 1 aromatic rings. The summed E-state index contributed by atoms with van der Waals surface area (Å²) in [6.07, 6.45) is 2.69. The number of halogens is 1. The van der Waals surface area contributed by atoms with Crippen LogP contribution in [0.4, 0.5) is 0 Å². The number of methoxy groups -OCH3 is 1. The lowest BCUT2D eigenvalue weighted by Gasteiger charge is -2.08. The molecule has 0 aromatic heterocycles. The second kappa shape index (κ2) is 6.18. The fourth-order valence-corrected chi connectivity index (χ4v) is 2.26. The first kappa shape index (κ1) is 12.6. The predicted molar refractivity (Wildman–Crippen MR) is 66.7 cm³/mol.